The molecule has 1 N–H and O–H groups in total. The van der Waals surface area contributed by atoms with Crippen molar-refractivity contribution in [2.24, 2.45) is 11.3 Å². The molecule has 1 heterocycles. The predicted octanol–water partition coefficient (Wildman–Crippen LogP) is 1.96. The molecule has 76 valence electrons. The maximum absolute atomic E-state index is 9.94. The fraction of sp³-hybridized carbons (Fsp3) is 1.00. The summed E-state index contributed by atoms with van der Waals surface area (Å²) in [5.41, 5.74) is 0.221. The molecule has 13 heavy (non-hydrogen) atoms. The number of epoxide rings is 1. The van der Waals surface area contributed by atoms with Crippen LogP contribution < -0.4 is 0 Å². The Balaban J connectivity index is 1.99. The first-order valence-electron chi connectivity index (χ1n) is 5.26. The second-order valence-corrected chi connectivity index (χ2v) is 5.58. The number of ether oxygens (including phenoxy) is 1. The van der Waals surface area contributed by atoms with Crippen molar-refractivity contribution in [3.8, 4) is 0 Å². The van der Waals surface area contributed by atoms with Crippen LogP contribution in [0.25, 0.3) is 0 Å². The van der Waals surface area contributed by atoms with E-state index in [1.807, 2.05) is 0 Å². The Morgan fingerprint density at radius 2 is 1.92 bits per heavy atom. The molecule has 0 bridgehead atoms. The second-order valence-electron chi connectivity index (χ2n) is 5.58. The van der Waals surface area contributed by atoms with Crippen LogP contribution >= 0.6 is 0 Å². The van der Waals surface area contributed by atoms with Gasteiger partial charge in [-0.2, -0.15) is 0 Å². The molecule has 1 aliphatic heterocycles. The fourth-order valence-corrected chi connectivity index (χ4v) is 2.32. The molecular formula is C11H20O2. The fourth-order valence-electron chi connectivity index (χ4n) is 2.32. The van der Waals surface area contributed by atoms with E-state index in [1.165, 1.54) is 6.42 Å². The molecule has 0 amide bonds. The summed E-state index contributed by atoms with van der Waals surface area (Å²) in [7, 11) is 0. The van der Waals surface area contributed by atoms with Crippen LogP contribution in [0, 0.1) is 11.3 Å². The van der Waals surface area contributed by atoms with Crippen molar-refractivity contribution in [1.29, 1.82) is 0 Å². The maximum atomic E-state index is 9.94. The zero-order valence-corrected chi connectivity index (χ0v) is 8.84. The van der Waals surface area contributed by atoms with Gasteiger partial charge in [-0.25, -0.2) is 0 Å². The normalized spacial score (nSPS) is 48.9. The Labute approximate surface area is 80.3 Å². The highest BCUT2D eigenvalue weighted by molar-refractivity contribution is 4.99. The van der Waals surface area contributed by atoms with E-state index in [9.17, 15) is 5.11 Å². The Hall–Kier alpha value is -0.0800. The lowest BCUT2D eigenvalue weighted by molar-refractivity contribution is -0.0235. The minimum absolute atomic E-state index is 0.109. The van der Waals surface area contributed by atoms with Crippen molar-refractivity contribution in [2.45, 2.75) is 51.7 Å². The van der Waals surface area contributed by atoms with E-state index in [4.69, 9.17) is 4.74 Å². The molecule has 1 saturated heterocycles. The molecule has 2 heteroatoms. The van der Waals surface area contributed by atoms with Gasteiger partial charge >= 0.3 is 0 Å². The predicted molar refractivity (Wildman–Crippen MR) is 51.5 cm³/mol. The summed E-state index contributed by atoms with van der Waals surface area (Å²) >= 11 is 0. The molecule has 3 atom stereocenters. The topological polar surface area (TPSA) is 32.8 Å². The van der Waals surface area contributed by atoms with E-state index in [1.54, 1.807) is 0 Å². The molecule has 1 saturated carbocycles. The molecule has 0 unspecified atom stereocenters. The average Bonchev–Trinajstić information content (AvgIpc) is 2.75. The standard InChI is InChI=1S/C11H20O2/c1-10(2)5-4-8(6-9(10)12)11(3)7-13-11/h8-9,12H,4-7H2,1-3H3/t8-,9-,11+/m0/s1. The maximum Gasteiger partial charge on any atom is 0.0917 e. The van der Waals surface area contributed by atoms with E-state index in [2.05, 4.69) is 20.8 Å². The summed E-state index contributed by atoms with van der Waals surface area (Å²) in [4.78, 5) is 0. The highest BCUT2D eigenvalue weighted by Crippen LogP contribution is 2.47. The van der Waals surface area contributed by atoms with Crippen LogP contribution in [0.1, 0.15) is 40.0 Å². The second kappa shape index (κ2) is 2.71. The van der Waals surface area contributed by atoms with Crippen LogP contribution in [0.4, 0.5) is 0 Å². The molecular weight excluding hydrogens is 164 g/mol. The van der Waals surface area contributed by atoms with Gasteiger partial charge in [0.05, 0.1) is 18.3 Å². The Kier molecular flexibility index (Phi) is 1.97. The summed E-state index contributed by atoms with van der Waals surface area (Å²) < 4.78 is 5.44. The van der Waals surface area contributed by atoms with E-state index in [-0.39, 0.29) is 17.1 Å². The van der Waals surface area contributed by atoms with Crippen LogP contribution in [0.5, 0.6) is 0 Å². The van der Waals surface area contributed by atoms with Crippen molar-refractivity contribution in [3.05, 3.63) is 0 Å². The first-order valence-corrected chi connectivity index (χ1v) is 5.26. The van der Waals surface area contributed by atoms with Gasteiger partial charge < -0.3 is 9.84 Å². The van der Waals surface area contributed by atoms with Crippen molar-refractivity contribution < 1.29 is 9.84 Å². The molecule has 0 aromatic carbocycles. The number of aliphatic hydroxyl groups excluding tert-OH is 1. The lowest BCUT2D eigenvalue weighted by Crippen LogP contribution is -2.40. The minimum Gasteiger partial charge on any atom is -0.393 e. The summed E-state index contributed by atoms with van der Waals surface area (Å²) in [6.07, 6.45) is 3.11. The molecule has 0 aromatic rings. The summed E-state index contributed by atoms with van der Waals surface area (Å²) in [5.74, 6) is 0.579. The SMILES string of the molecule is CC1(C)CC[C@H]([C@@]2(C)CO2)C[C@@H]1O. The number of hydrogen-bond acceptors (Lipinski definition) is 2. The number of hydrogen-bond donors (Lipinski definition) is 1. The van der Waals surface area contributed by atoms with Gasteiger partial charge in [0.2, 0.25) is 0 Å². The van der Waals surface area contributed by atoms with Gasteiger partial charge in [0.25, 0.3) is 0 Å². The summed E-state index contributed by atoms with van der Waals surface area (Å²) in [6.45, 7) is 7.38. The van der Waals surface area contributed by atoms with Gasteiger partial charge in [0.1, 0.15) is 0 Å². The zero-order valence-electron chi connectivity index (χ0n) is 8.84. The molecule has 0 radical (unpaired) electrons. The lowest BCUT2D eigenvalue weighted by Gasteiger charge is -2.40. The van der Waals surface area contributed by atoms with Gasteiger partial charge in [-0.05, 0) is 37.5 Å². The first kappa shape index (κ1) is 9.47. The molecule has 1 aliphatic carbocycles. The Bertz CT molecular complexity index is 206. The Morgan fingerprint density at radius 3 is 2.38 bits per heavy atom. The molecule has 2 nitrogen and oxygen atoms in total. The smallest absolute Gasteiger partial charge is 0.0917 e. The monoisotopic (exact) mass is 184 g/mol. The summed E-state index contributed by atoms with van der Waals surface area (Å²) in [5, 5.41) is 9.94. The third-order valence-corrected chi connectivity index (χ3v) is 4.01. The zero-order chi connectivity index (χ0) is 9.69. The van der Waals surface area contributed by atoms with Crippen molar-refractivity contribution >= 4 is 0 Å². The van der Waals surface area contributed by atoms with Crippen LogP contribution in [-0.2, 0) is 4.74 Å². The van der Waals surface area contributed by atoms with Crippen molar-refractivity contribution in [2.75, 3.05) is 6.61 Å². The van der Waals surface area contributed by atoms with Crippen LogP contribution in [0.3, 0.4) is 0 Å². The number of aliphatic hydroxyl groups is 1. The van der Waals surface area contributed by atoms with E-state index in [0.717, 1.165) is 19.4 Å². The Morgan fingerprint density at radius 1 is 1.31 bits per heavy atom. The van der Waals surface area contributed by atoms with Crippen molar-refractivity contribution in [3.63, 3.8) is 0 Å². The van der Waals surface area contributed by atoms with Gasteiger partial charge in [-0.15, -0.1) is 0 Å². The van der Waals surface area contributed by atoms with Crippen molar-refractivity contribution in [1.82, 2.24) is 0 Å². The average molecular weight is 184 g/mol. The molecule has 0 spiro atoms. The van der Waals surface area contributed by atoms with E-state index >= 15 is 0 Å². The third-order valence-electron chi connectivity index (χ3n) is 4.01. The van der Waals surface area contributed by atoms with E-state index < -0.39 is 0 Å². The molecule has 0 aromatic heterocycles. The lowest BCUT2D eigenvalue weighted by atomic mass is 9.68. The highest BCUT2D eigenvalue weighted by atomic mass is 16.6. The van der Waals surface area contributed by atoms with Gasteiger partial charge in [-0.3, -0.25) is 0 Å². The van der Waals surface area contributed by atoms with Crippen LogP contribution in [0.2, 0.25) is 0 Å². The van der Waals surface area contributed by atoms with E-state index in [0.29, 0.717) is 5.92 Å². The van der Waals surface area contributed by atoms with Gasteiger partial charge in [0.15, 0.2) is 0 Å². The molecule has 2 rings (SSSR count). The van der Waals surface area contributed by atoms with Gasteiger partial charge in [0, 0.05) is 0 Å². The highest BCUT2D eigenvalue weighted by Gasteiger charge is 2.50. The van der Waals surface area contributed by atoms with Crippen LogP contribution in [0.15, 0.2) is 0 Å². The third kappa shape index (κ3) is 1.62. The quantitative estimate of drug-likeness (QED) is 0.632. The molecule has 2 aliphatic rings. The molecule has 2 fully saturated rings. The van der Waals surface area contributed by atoms with Gasteiger partial charge in [-0.1, -0.05) is 13.8 Å². The summed E-state index contributed by atoms with van der Waals surface area (Å²) in [6, 6.07) is 0. The van der Waals surface area contributed by atoms with Crippen LogP contribution in [-0.4, -0.2) is 23.4 Å². The first-order chi connectivity index (χ1) is 5.94. The number of rotatable bonds is 1. The minimum atomic E-state index is -0.146. The largest absolute Gasteiger partial charge is 0.393 e.